The first-order valence-electron chi connectivity index (χ1n) is 8.92. The number of hydrogen-bond donors (Lipinski definition) is 3. The highest BCUT2D eigenvalue weighted by Crippen LogP contribution is 2.51. The normalized spacial score (nSPS) is 11.3. The lowest BCUT2D eigenvalue weighted by molar-refractivity contribution is 0.362. The summed E-state index contributed by atoms with van der Waals surface area (Å²) >= 11 is 0. The lowest BCUT2D eigenvalue weighted by Crippen LogP contribution is -2.32. The Labute approximate surface area is 163 Å². The van der Waals surface area contributed by atoms with Gasteiger partial charge >= 0.3 is 0 Å². The SMILES string of the molecule is Oc1ccc(C(c2ccccc2)(c2ccccc2)c2ccccn2)c(O)c1O. The molecule has 4 aromatic rings. The Kier molecular flexibility index (Phi) is 4.45. The van der Waals surface area contributed by atoms with Crippen molar-refractivity contribution in [2.24, 2.45) is 0 Å². The zero-order valence-corrected chi connectivity index (χ0v) is 15.0. The first-order chi connectivity index (χ1) is 13.7. The summed E-state index contributed by atoms with van der Waals surface area (Å²) in [5, 5.41) is 31.0. The van der Waals surface area contributed by atoms with E-state index in [1.54, 1.807) is 12.3 Å². The molecule has 4 rings (SSSR count). The van der Waals surface area contributed by atoms with Crippen LogP contribution in [0.4, 0.5) is 0 Å². The van der Waals surface area contributed by atoms with Gasteiger partial charge in [0, 0.05) is 11.8 Å². The van der Waals surface area contributed by atoms with Crippen molar-refractivity contribution in [3.63, 3.8) is 0 Å². The van der Waals surface area contributed by atoms with E-state index in [1.807, 2.05) is 78.9 Å². The van der Waals surface area contributed by atoms with Crippen LogP contribution in [0.1, 0.15) is 22.4 Å². The van der Waals surface area contributed by atoms with Crippen LogP contribution in [0.15, 0.2) is 97.2 Å². The van der Waals surface area contributed by atoms with Crippen molar-refractivity contribution in [2.75, 3.05) is 0 Å². The van der Waals surface area contributed by atoms with Crippen LogP contribution >= 0.6 is 0 Å². The van der Waals surface area contributed by atoms with E-state index < -0.39 is 11.2 Å². The van der Waals surface area contributed by atoms with Gasteiger partial charge in [-0.25, -0.2) is 0 Å². The molecule has 0 aliphatic heterocycles. The van der Waals surface area contributed by atoms with Gasteiger partial charge in [-0.3, -0.25) is 4.98 Å². The molecule has 0 bridgehead atoms. The lowest BCUT2D eigenvalue weighted by Gasteiger charge is -2.36. The van der Waals surface area contributed by atoms with Crippen LogP contribution in [-0.2, 0) is 5.41 Å². The van der Waals surface area contributed by atoms with Crippen molar-refractivity contribution in [3.8, 4) is 17.2 Å². The second-order valence-corrected chi connectivity index (χ2v) is 6.53. The van der Waals surface area contributed by atoms with E-state index >= 15 is 0 Å². The molecule has 0 fully saturated rings. The first kappa shape index (κ1) is 17.6. The van der Waals surface area contributed by atoms with Crippen LogP contribution in [0.2, 0.25) is 0 Å². The Morgan fingerprint density at radius 3 is 1.68 bits per heavy atom. The maximum Gasteiger partial charge on any atom is 0.200 e. The molecule has 0 spiro atoms. The molecule has 0 radical (unpaired) electrons. The van der Waals surface area contributed by atoms with Gasteiger partial charge in [0.25, 0.3) is 0 Å². The average Bonchev–Trinajstić information content (AvgIpc) is 2.76. The monoisotopic (exact) mass is 369 g/mol. The molecule has 3 N–H and O–H groups in total. The quantitative estimate of drug-likeness (QED) is 0.364. The molecule has 0 aliphatic carbocycles. The Hall–Kier alpha value is -3.79. The van der Waals surface area contributed by atoms with E-state index in [0.29, 0.717) is 11.3 Å². The number of rotatable bonds is 4. The topological polar surface area (TPSA) is 73.6 Å². The van der Waals surface area contributed by atoms with Gasteiger partial charge in [-0.1, -0.05) is 66.7 Å². The molecule has 0 aliphatic rings. The second kappa shape index (κ2) is 7.08. The van der Waals surface area contributed by atoms with Gasteiger partial charge in [0.15, 0.2) is 11.5 Å². The Balaban J connectivity index is 2.19. The summed E-state index contributed by atoms with van der Waals surface area (Å²) in [6.07, 6.45) is 1.70. The fourth-order valence-corrected chi connectivity index (χ4v) is 3.74. The van der Waals surface area contributed by atoms with Crippen LogP contribution in [-0.4, -0.2) is 20.3 Å². The van der Waals surface area contributed by atoms with Gasteiger partial charge in [-0.15, -0.1) is 0 Å². The summed E-state index contributed by atoms with van der Waals surface area (Å²) in [6, 6.07) is 28.0. The Bertz CT molecular complexity index is 984. The Morgan fingerprint density at radius 1 is 0.571 bits per heavy atom. The highest BCUT2D eigenvalue weighted by Gasteiger charge is 2.42. The van der Waals surface area contributed by atoms with Gasteiger partial charge in [-0.2, -0.15) is 0 Å². The molecular formula is C24H19NO3. The van der Waals surface area contributed by atoms with Crippen molar-refractivity contribution < 1.29 is 15.3 Å². The second-order valence-electron chi connectivity index (χ2n) is 6.53. The van der Waals surface area contributed by atoms with Crippen molar-refractivity contribution in [2.45, 2.75) is 5.41 Å². The third-order valence-electron chi connectivity index (χ3n) is 5.00. The van der Waals surface area contributed by atoms with Crippen LogP contribution in [0.3, 0.4) is 0 Å². The lowest BCUT2D eigenvalue weighted by atomic mass is 9.66. The summed E-state index contributed by atoms with van der Waals surface area (Å²) in [7, 11) is 0. The summed E-state index contributed by atoms with van der Waals surface area (Å²) in [5.41, 5.74) is 1.88. The van der Waals surface area contributed by atoms with Crippen LogP contribution in [0.5, 0.6) is 17.2 Å². The summed E-state index contributed by atoms with van der Waals surface area (Å²) in [6.45, 7) is 0. The molecule has 0 atom stereocenters. The third kappa shape index (κ3) is 2.67. The Morgan fingerprint density at radius 2 is 1.14 bits per heavy atom. The van der Waals surface area contributed by atoms with Crippen molar-refractivity contribution >= 4 is 0 Å². The average molecular weight is 369 g/mol. The summed E-state index contributed by atoms with van der Waals surface area (Å²) < 4.78 is 0. The maximum absolute atomic E-state index is 10.9. The van der Waals surface area contributed by atoms with Crippen LogP contribution < -0.4 is 0 Å². The fourth-order valence-electron chi connectivity index (χ4n) is 3.74. The predicted molar refractivity (Wildman–Crippen MR) is 108 cm³/mol. The molecule has 0 amide bonds. The molecule has 0 saturated carbocycles. The number of pyridine rings is 1. The highest BCUT2D eigenvalue weighted by molar-refractivity contribution is 5.66. The smallest absolute Gasteiger partial charge is 0.200 e. The van der Waals surface area contributed by atoms with E-state index in [4.69, 9.17) is 0 Å². The van der Waals surface area contributed by atoms with E-state index in [0.717, 1.165) is 11.1 Å². The van der Waals surface area contributed by atoms with Crippen molar-refractivity contribution in [1.82, 2.24) is 4.98 Å². The third-order valence-corrected chi connectivity index (χ3v) is 5.00. The van der Waals surface area contributed by atoms with Gasteiger partial charge in [0.1, 0.15) is 0 Å². The van der Waals surface area contributed by atoms with Crippen molar-refractivity contribution in [1.29, 1.82) is 0 Å². The number of aromatic nitrogens is 1. The standard InChI is InChI=1S/C24H19NO3/c26-20-15-14-19(22(27)23(20)28)24(17-9-3-1-4-10-17,18-11-5-2-6-12-18)21-13-7-8-16-25-21/h1-16,26-28H. The summed E-state index contributed by atoms with van der Waals surface area (Å²) in [5.74, 6) is -1.31. The van der Waals surface area contributed by atoms with Gasteiger partial charge in [0.05, 0.1) is 11.1 Å². The minimum atomic E-state index is -0.987. The fraction of sp³-hybridized carbons (Fsp3) is 0.0417. The van der Waals surface area contributed by atoms with Gasteiger partial charge in [-0.05, 0) is 35.4 Å². The minimum absolute atomic E-state index is 0.377. The number of aromatic hydroxyl groups is 3. The number of nitrogens with zero attached hydrogens (tertiary/aromatic N) is 1. The minimum Gasteiger partial charge on any atom is -0.504 e. The summed E-state index contributed by atoms with van der Waals surface area (Å²) in [4.78, 5) is 4.62. The van der Waals surface area contributed by atoms with E-state index in [2.05, 4.69) is 4.98 Å². The van der Waals surface area contributed by atoms with Crippen molar-refractivity contribution in [3.05, 3.63) is 120 Å². The molecule has 138 valence electrons. The first-order valence-corrected chi connectivity index (χ1v) is 8.92. The molecule has 0 unspecified atom stereocenters. The molecule has 0 saturated heterocycles. The largest absolute Gasteiger partial charge is 0.504 e. The van der Waals surface area contributed by atoms with Gasteiger partial charge < -0.3 is 15.3 Å². The molecule has 3 aromatic carbocycles. The molecule has 28 heavy (non-hydrogen) atoms. The number of phenols is 3. The van der Waals surface area contributed by atoms with Crippen LogP contribution in [0, 0.1) is 0 Å². The predicted octanol–water partition coefficient (Wildman–Crippen LogP) is 4.58. The number of phenolic OH excluding ortho intramolecular Hbond substituents is 3. The van der Waals surface area contributed by atoms with E-state index in [-0.39, 0.29) is 11.5 Å². The van der Waals surface area contributed by atoms with E-state index in [1.165, 1.54) is 6.07 Å². The van der Waals surface area contributed by atoms with E-state index in [9.17, 15) is 15.3 Å². The highest BCUT2D eigenvalue weighted by atomic mass is 16.3. The maximum atomic E-state index is 10.9. The zero-order chi connectivity index (χ0) is 19.6. The number of hydrogen-bond acceptors (Lipinski definition) is 4. The molecule has 1 aromatic heterocycles. The molecule has 4 heteroatoms. The molecule has 1 heterocycles. The van der Waals surface area contributed by atoms with Crippen LogP contribution in [0.25, 0.3) is 0 Å². The molecular weight excluding hydrogens is 350 g/mol. The molecule has 4 nitrogen and oxygen atoms in total. The zero-order valence-electron chi connectivity index (χ0n) is 15.0. The number of benzene rings is 3. The van der Waals surface area contributed by atoms with Gasteiger partial charge in [0.2, 0.25) is 5.75 Å².